The summed E-state index contributed by atoms with van der Waals surface area (Å²) in [4.78, 5) is 32.8. The maximum atomic E-state index is 13.7. The molecule has 1 unspecified atom stereocenters. The maximum absolute atomic E-state index is 13.7. The van der Waals surface area contributed by atoms with Gasteiger partial charge in [0.05, 0.1) is 27.7 Å². The van der Waals surface area contributed by atoms with Crippen molar-refractivity contribution in [1.82, 2.24) is 14.5 Å². The van der Waals surface area contributed by atoms with E-state index in [4.69, 9.17) is 16.6 Å². The van der Waals surface area contributed by atoms with Crippen LogP contribution < -0.4 is 5.56 Å². The Morgan fingerprint density at radius 3 is 2.63 bits per heavy atom. The second-order valence-corrected chi connectivity index (χ2v) is 8.24. The summed E-state index contributed by atoms with van der Waals surface area (Å²) in [6, 6.07) is 10.7. The van der Waals surface area contributed by atoms with Gasteiger partial charge < -0.3 is 4.90 Å². The van der Waals surface area contributed by atoms with E-state index in [0.717, 1.165) is 25.7 Å². The van der Waals surface area contributed by atoms with Crippen molar-refractivity contribution in [3.8, 4) is 5.69 Å². The third kappa shape index (κ3) is 3.60. The van der Waals surface area contributed by atoms with Crippen LogP contribution in [0.2, 0.25) is 5.02 Å². The van der Waals surface area contributed by atoms with Crippen molar-refractivity contribution in [3.05, 3.63) is 69.5 Å². The van der Waals surface area contributed by atoms with Crippen LogP contribution in [0.15, 0.2) is 47.3 Å². The predicted octanol–water partition coefficient (Wildman–Crippen LogP) is 4.89. The molecule has 0 saturated heterocycles. The lowest BCUT2D eigenvalue weighted by Crippen LogP contribution is -2.37. The largest absolute Gasteiger partial charge is 0.336 e. The Balaban J connectivity index is 1.88. The van der Waals surface area contributed by atoms with Gasteiger partial charge in [0.2, 0.25) is 5.91 Å². The van der Waals surface area contributed by atoms with Gasteiger partial charge in [-0.25, -0.2) is 9.37 Å². The van der Waals surface area contributed by atoms with Crippen LogP contribution in [0.5, 0.6) is 0 Å². The van der Waals surface area contributed by atoms with Gasteiger partial charge in [0.15, 0.2) is 0 Å². The van der Waals surface area contributed by atoms with E-state index in [2.05, 4.69) is 0 Å². The van der Waals surface area contributed by atoms with Crippen molar-refractivity contribution in [2.45, 2.75) is 38.6 Å². The third-order valence-corrected chi connectivity index (χ3v) is 6.26. The molecule has 30 heavy (non-hydrogen) atoms. The van der Waals surface area contributed by atoms with Crippen LogP contribution in [0.3, 0.4) is 0 Å². The van der Waals surface area contributed by atoms with Gasteiger partial charge in [-0.15, -0.1) is 0 Å². The smallest absolute Gasteiger partial charge is 0.266 e. The topological polar surface area (TPSA) is 55.2 Å². The van der Waals surface area contributed by atoms with E-state index in [1.54, 1.807) is 30.1 Å². The molecule has 4 rings (SSSR count). The number of carbonyl (C=O) groups excluding carboxylic acids is 1. The van der Waals surface area contributed by atoms with Gasteiger partial charge >= 0.3 is 0 Å². The van der Waals surface area contributed by atoms with Crippen molar-refractivity contribution in [2.75, 3.05) is 7.05 Å². The monoisotopic (exact) mass is 427 g/mol. The predicted molar refractivity (Wildman–Crippen MR) is 115 cm³/mol. The van der Waals surface area contributed by atoms with E-state index in [9.17, 15) is 14.0 Å². The van der Waals surface area contributed by atoms with E-state index >= 15 is 0 Å². The van der Waals surface area contributed by atoms with Gasteiger partial charge in [-0.05, 0) is 50.1 Å². The van der Waals surface area contributed by atoms with Gasteiger partial charge in [-0.1, -0.05) is 36.6 Å². The van der Waals surface area contributed by atoms with E-state index in [1.807, 2.05) is 13.0 Å². The zero-order valence-electron chi connectivity index (χ0n) is 16.9. The first-order valence-electron chi connectivity index (χ1n) is 10.1. The van der Waals surface area contributed by atoms with Gasteiger partial charge in [-0.3, -0.25) is 14.2 Å². The lowest BCUT2D eigenvalue weighted by atomic mass is 10.1. The molecule has 1 fully saturated rings. The van der Waals surface area contributed by atoms with Crippen molar-refractivity contribution in [2.24, 2.45) is 5.92 Å². The SMILES string of the molecule is CC(c1nc2ccccc2c(=O)n1-c1ccc(F)c(Cl)c1)N(C)C(=O)C1CCCC1. The quantitative estimate of drug-likeness (QED) is 0.595. The number of halogens is 2. The summed E-state index contributed by atoms with van der Waals surface area (Å²) in [5, 5.41) is 0.361. The molecule has 1 heterocycles. The minimum absolute atomic E-state index is 0.0124. The first kappa shape index (κ1) is 20.5. The number of para-hydroxylation sites is 1. The molecular formula is C23H23ClFN3O2. The highest BCUT2D eigenvalue weighted by atomic mass is 35.5. The second kappa shape index (κ2) is 8.19. The molecule has 1 aromatic heterocycles. The summed E-state index contributed by atoms with van der Waals surface area (Å²) in [7, 11) is 1.74. The summed E-state index contributed by atoms with van der Waals surface area (Å²) >= 11 is 5.99. The van der Waals surface area contributed by atoms with Crippen LogP contribution in [0, 0.1) is 11.7 Å². The minimum Gasteiger partial charge on any atom is -0.336 e. The summed E-state index contributed by atoms with van der Waals surface area (Å²) in [5.74, 6) is -0.0787. The average molecular weight is 428 g/mol. The van der Waals surface area contributed by atoms with Crippen LogP contribution >= 0.6 is 11.6 Å². The zero-order chi connectivity index (χ0) is 21.4. The molecule has 0 radical (unpaired) electrons. The fourth-order valence-corrected chi connectivity index (χ4v) is 4.30. The fraction of sp³-hybridized carbons (Fsp3) is 0.348. The normalized spacial score (nSPS) is 15.5. The summed E-state index contributed by atoms with van der Waals surface area (Å²) in [6.45, 7) is 1.85. The maximum Gasteiger partial charge on any atom is 0.266 e. The van der Waals surface area contributed by atoms with Crippen LogP contribution in [-0.2, 0) is 4.79 Å². The van der Waals surface area contributed by atoms with E-state index in [1.165, 1.54) is 22.8 Å². The van der Waals surface area contributed by atoms with E-state index in [0.29, 0.717) is 22.4 Å². The van der Waals surface area contributed by atoms with E-state index in [-0.39, 0.29) is 22.4 Å². The van der Waals surface area contributed by atoms with Gasteiger partial charge in [0.1, 0.15) is 11.6 Å². The Morgan fingerprint density at radius 1 is 1.23 bits per heavy atom. The number of carbonyl (C=O) groups is 1. The number of rotatable bonds is 4. The Bertz CT molecular complexity index is 1170. The van der Waals surface area contributed by atoms with Crippen LogP contribution in [0.4, 0.5) is 4.39 Å². The summed E-state index contributed by atoms with van der Waals surface area (Å²) in [6.07, 6.45) is 3.90. The number of benzene rings is 2. The standard InChI is InChI=1S/C23H23ClFN3O2/c1-14(27(2)22(29)15-7-3-4-8-15)21-26-20-10-6-5-9-17(20)23(30)28(21)16-11-12-19(25)18(24)13-16/h5-6,9-15H,3-4,7-8H2,1-2H3. The molecule has 1 amide bonds. The van der Waals surface area contributed by atoms with E-state index < -0.39 is 11.9 Å². The van der Waals surface area contributed by atoms with Crippen LogP contribution in [0.25, 0.3) is 16.6 Å². The number of hydrogen-bond donors (Lipinski definition) is 0. The molecule has 0 spiro atoms. The molecule has 1 saturated carbocycles. The average Bonchev–Trinajstić information content (AvgIpc) is 3.29. The van der Waals surface area contributed by atoms with Gasteiger partial charge in [-0.2, -0.15) is 0 Å². The molecule has 7 heteroatoms. The van der Waals surface area contributed by atoms with Crippen molar-refractivity contribution < 1.29 is 9.18 Å². The highest BCUT2D eigenvalue weighted by molar-refractivity contribution is 6.30. The summed E-state index contributed by atoms with van der Waals surface area (Å²) < 4.78 is 15.2. The molecular weight excluding hydrogens is 405 g/mol. The minimum atomic E-state index is -0.564. The van der Waals surface area contributed by atoms with Gasteiger partial charge in [0, 0.05) is 13.0 Å². The molecule has 3 aromatic rings. The number of nitrogens with zero attached hydrogens (tertiary/aromatic N) is 3. The molecule has 2 aromatic carbocycles. The highest BCUT2D eigenvalue weighted by Crippen LogP contribution is 2.30. The van der Waals surface area contributed by atoms with Crippen LogP contribution in [0.1, 0.15) is 44.5 Å². The van der Waals surface area contributed by atoms with Crippen molar-refractivity contribution >= 4 is 28.4 Å². The Morgan fingerprint density at radius 2 is 1.93 bits per heavy atom. The third-order valence-electron chi connectivity index (χ3n) is 5.97. The zero-order valence-corrected chi connectivity index (χ0v) is 17.7. The molecule has 1 aliphatic rings. The molecule has 156 valence electrons. The van der Waals surface area contributed by atoms with Gasteiger partial charge in [0.25, 0.3) is 5.56 Å². The number of fused-ring (bicyclic) bond motifs is 1. The molecule has 1 atom stereocenters. The molecule has 5 nitrogen and oxygen atoms in total. The molecule has 0 N–H and O–H groups in total. The molecule has 1 aliphatic carbocycles. The first-order valence-corrected chi connectivity index (χ1v) is 10.5. The van der Waals surface area contributed by atoms with Crippen molar-refractivity contribution in [1.29, 1.82) is 0 Å². The number of amides is 1. The lowest BCUT2D eigenvalue weighted by molar-refractivity contribution is -0.136. The Kier molecular flexibility index (Phi) is 5.60. The number of hydrogen-bond acceptors (Lipinski definition) is 3. The van der Waals surface area contributed by atoms with Crippen LogP contribution in [-0.4, -0.2) is 27.4 Å². The fourth-order valence-electron chi connectivity index (χ4n) is 4.13. The Hall–Kier alpha value is -2.73. The molecule has 0 bridgehead atoms. The lowest BCUT2D eigenvalue weighted by Gasteiger charge is -2.29. The first-order chi connectivity index (χ1) is 14.4. The second-order valence-electron chi connectivity index (χ2n) is 7.83. The Labute approximate surface area is 179 Å². The number of aromatic nitrogens is 2. The summed E-state index contributed by atoms with van der Waals surface area (Å²) in [5.41, 5.74) is 0.676. The van der Waals surface area contributed by atoms with Crippen molar-refractivity contribution in [3.63, 3.8) is 0 Å². The highest BCUT2D eigenvalue weighted by Gasteiger charge is 2.30. The molecule has 0 aliphatic heterocycles.